The molecule has 8 heteroatoms. The highest BCUT2D eigenvalue weighted by Gasteiger charge is 2.58. The van der Waals surface area contributed by atoms with Gasteiger partial charge in [-0.25, -0.2) is 4.39 Å². The number of phenols is 1. The molecule has 1 saturated heterocycles. The molecule has 1 aromatic carbocycles. The third-order valence-corrected chi connectivity index (χ3v) is 3.87. The number of hydrogen-bond donors (Lipinski definition) is 1. The van der Waals surface area contributed by atoms with Gasteiger partial charge in [0.15, 0.2) is 11.6 Å². The van der Waals surface area contributed by atoms with Crippen LogP contribution in [0, 0.1) is 5.82 Å². The third-order valence-electron chi connectivity index (χ3n) is 3.87. The van der Waals surface area contributed by atoms with Crippen LogP contribution in [0.3, 0.4) is 0 Å². The summed E-state index contributed by atoms with van der Waals surface area (Å²) in [7, 11) is 0. The Bertz CT molecular complexity index is 523. The lowest BCUT2D eigenvalue weighted by atomic mass is 9.89. The lowest BCUT2D eigenvalue weighted by molar-refractivity contribution is -0.287. The number of likely N-dealkylation sites (tertiary alicyclic amines) is 1. The van der Waals surface area contributed by atoms with E-state index in [1.54, 1.807) is 0 Å². The molecule has 124 valence electrons. The molecule has 2 nitrogen and oxygen atoms in total. The molecule has 0 bridgehead atoms. The van der Waals surface area contributed by atoms with Crippen molar-refractivity contribution in [3.63, 3.8) is 0 Å². The van der Waals surface area contributed by atoms with Gasteiger partial charge in [-0.15, -0.1) is 0 Å². The number of piperidine rings is 1. The smallest absolute Gasteiger partial charge is 0.454 e. The molecule has 0 unspecified atom stereocenters. The summed E-state index contributed by atoms with van der Waals surface area (Å²) in [6, 6.07) is 3.86. The van der Waals surface area contributed by atoms with Crippen LogP contribution in [0.25, 0.3) is 0 Å². The predicted molar refractivity (Wildman–Crippen MR) is 67.5 cm³/mol. The van der Waals surface area contributed by atoms with E-state index in [1.165, 1.54) is 12.1 Å². The molecule has 1 fully saturated rings. The van der Waals surface area contributed by atoms with Crippen LogP contribution in [0.2, 0.25) is 0 Å². The number of alkyl halides is 5. The zero-order valence-corrected chi connectivity index (χ0v) is 11.5. The van der Waals surface area contributed by atoms with Crippen molar-refractivity contribution < 1.29 is 31.4 Å². The molecule has 0 spiro atoms. The van der Waals surface area contributed by atoms with Gasteiger partial charge in [0.1, 0.15) is 0 Å². The molecule has 0 amide bonds. The molecular weight excluding hydrogens is 312 g/mol. The van der Waals surface area contributed by atoms with Crippen LogP contribution in [0.5, 0.6) is 5.75 Å². The Morgan fingerprint density at radius 1 is 1.09 bits per heavy atom. The van der Waals surface area contributed by atoms with Crippen molar-refractivity contribution in [1.29, 1.82) is 0 Å². The Kier molecular flexibility index (Phi) is 4.60. The van der Waals surface area contributed by atoms with Crippen molar-refractivity contribution >= 4 is 0 Å². The summed E-state index contributed by atoms with van der Waals surface area (Å²) >= 11 is 0. The van der Waals surface area contributed by atoms with Crippen molar-refractivity contribution in [1.82, 2.24) is 4.90 Å². The van der Waals surface area contributed by atoms with Crippen molar-refractivity contribution in [3.8, 4) is 5.75 Å². The second-order valence-electron chi connectivity index (χ2n) is 5.46. The monoisotopic (exact) mass is 327 g/mol. The predicted octanol–water partition coefficient (Wildman–Crippen LogP) is 3.91. The van der Waals surface area contributed by atoms with E-state index in [4.69, 9.17) is 0 Å². The Morgan fingerprint density at radius 2 is 1.68 bits per heavy atom. The van der Waals surface area contributed by atoms with Gasteiger partial charge in [-0.05, 0) is 49.5 Å². The van der Waals surface area contributed by atoms with Gasteiger partial charge in [0.2, 0.25) is 0 Å². The summed E-state index contributed by atoms with van der Waals surface area (Å²) in [4.78, 5) is 1.08. The first-order valence-electron chi connectivity index (χ1n) is 6.75. The Labute approximate surface area is 123 Å². The molecule has 2 rings (SSSR count). The minimum Gasteiger partial charge on any atom is -0.505 e. The summed E-state index contributed by atoms with van der Waals surface area (Å²) < 4.78 is 75.5. The lowest BCUT2D eigenvalue weighted by Crippen LogP contribution is -2.48. The minimum absolute atomic E-state index is 0.0917. The molecule has 1 aliphatic heterocycles. The van der Waals surface area contributed by atoms with Gasteiger partial charge in [-0.2, -0.15) is 22.0 Å². The number of hydrogen-bond acceptors (Lipinski definition) is 2. The highest BCUT2D eigenvalue weighted by molar-refractivity contribution is 5.31. The average molecular weight is 327 g/mol. The van der Waals surface area contributed by atoms with Gasteiger partial charge in [0, 0.05) is 0 Å². The summed E-state index contributed by atoms with van der Waals surface area (Å²) in [6.45, 7) is -1.17. The maximum Gasteiger partial charge on any atom is 0.454 e. The fourth-order valence-electron chi connectivity index (χ4n) is 2.58. The summed E-state index contributed by atoms with van der Waals surface area (Å²) in [5, 5.41) is 9.32. The van der Waals surface area contributed by atoms with Crippen LogP contribution >= 0.6 is 0 Å². The number of nitrogens with zero attached hydrogens (tertiary/aromatic N) is 1. The number of aromatic hydroxyl groups is 1. The van der Waals surface area contributed by atoms with E-state index in [0.29, 0.717) is 18.4 Å². The van der Waals surface area contributed by atoms with E-state index in [-0.39, 0.29) is 19.0 Å². The van der Waals surface area contributed by atoms with Crippen LogP contribution in [0.4, 0.5) is 26.3 Å². The Hall–Kier alpha value is -1.44. The molecule has 1 aliphatic rings. The first kappa shape index (κ1) is 16.9. The fourth-order valence-corrected chi connectivity index (χ4v) is 2.58. The minimum atomic E-state index is -5.55. The summed E-state index contributed by atoms with van der Waals surface area (Å²) in [5.74, 6) is -6.08. The molecule has 0 aliphatic carbocycles. The molecule has 0 atom stereocenters. The molecule has 1 heterocycles. The molecule has 0 saturated carbocycles. The normalized spacial score (nSPS) is 18.6. The second kappa shape index (κ2) is 5.98. The first-order valence-corrected chi connectivity index (χ1v) is 6.75. The van der Waals surface area contributed by atoms with E-state index >= 15 is 0 Å². The highest BCUT2D eigenvalue weighted by Crippen LogP contribution is 2.37. The summed E-state index contributed by atoms with van der Waals surface area (Å²) in [5.41, 5.74) is 0.654. The van der Waals surface area contributed by atoms with Gasteiger partial charge in [0.25, 0.3) is 0 Å². The molecule has 0 aromatic heterocycles. The van der Waals surface area contributed by atoms with Gasteiger partial charge < -0.3 is 5.11 Å². The van der Waals surface area contributed by atoms with Gasteiger partial charge in [-0.1, -0.05) is 6.07 Å². The van der Waals surface area contributed by atoms with Crippen molar-refractivity contribution in [2.45, 2.75) is 30.9 Å². The number of rotatable bonds is 3. The number of halogens is 6. The van der Waals surface area contributed by atoms with Gasteiger partial charge in [-0.3, -0.25) is 4.90 Å². The van der Waals surface area contributed by atoms with E-state index in [9.17, 15) is 31.4 Å². The SMILES string of the molecule is Oc1cc(C2CCN(CC(F)(F)C(F)(F)F)CC2)ccc1F. The maximum absolute atomic E-state index is 13.0. The van der Waals surface area contributed by atoms with Gasteiger partial charge >= 0.3 is 12.1 Å². The fraction of sp³-hybridized carbons (Fsp3) is 0.571. The van der Waals surface area contributed by atoms with Crippen molar-refractivity contribution in [3.05, 3.63) is 29.6 Å². The zero-order valence-electron chi connectivity index (χ0n) is 11.5. The van der Waals surface area contributed by atoms with Crippen molar-refractivity contribution in [2.24, 2.45) is 0 Å². The van der Waals surface area contributed by atoms with Gasteiger partial charge in [0.05, 0.1) is 6.54 Å². The van der Waals surface area contributed by atoms with E-state index < -0.39 is 30.2 Å². The molecule has 0 radical (unpaired) electrons. The van der Waals surface area contributed by atoms with Crippen molar-refractivity contribution in [2.75, 3.05) is 19.6 Å². The van der Waals surface area contributed by atoms with Crippen LogP contribution < -0.4 is 0 Å². The van der Waals surface area contributed by atoms with Crippen LogP contribution in [0.1, 0.15) is 24.3 Å². The Balaban J connectivity index is 1.94. The molecule has 22 heavy (non-hydrogen) atoms. The van der Waals surface area contributed by atoms with Crippen LogP contribution in [-0.4, -0.2) is 41.7 Å². The largest absolute Gasteiger partial charge is 0.505 e. The molecule has 1 N–H and O–H groups in total. The topological polar surface area (TPSA) is 23.5 Å². The Morgan fingerprint density at radius 3 is 2.18 bits per heavy atom. The lowest BCUT2D eigenvalue weighted by Gasteiger charge is -2.34. The second-order valence-corrected chi connectivity index (χ2v) is 5.46. The third kappa shape index (κ3) is 3.66. The molecular formula is C14H15F6NO. The maximum atomic E-state index is 13.0. The van der Waals surface area contributed by atoms with E-state index in [1.807, 2.05) is 0 Å². The molecule has 1 aromatic rings. The summed E-state index contributed by atoms with van der Waals surface area (Å²) in [6.07, 6.45) is -4.80. The number of phenolic OH excluding ortho intramolecular Hbond substituents is 1. The van der Waals surface area contributed by atoms with E-state index in [0.717, 1.165) is 11.0 Å². The average Bonchev–Trinajstić information content (AvgIpc) is 2.41. The van der Waals surface area contributed by atoms with Crippen LogP contribution in [-0.2, 0) is 0 Å². The van der Waals surface area contributed by atoms with E-state index in [2.05, 4.69) is 0 Å². The highest BCUT2D eigenvalue weighted by atomic mass is 19.4. The van der Waals surface area contributed by atoms with Crippen LogP contribution in [0.15, 0.2) is 18.2 Å². The zero-order chi connectivity index (χ0) is 16.5. The first-order chi connectivity index (χ1) is 10.1. The standard InChI is InChI=1S/C14H15F6NO/c15-11-2-1-10(7-12(11)22)9-3-5-21(6-4-9)8-13(16,17)14(18,19)20/h1-2,7,9,22H,3-6,8H2. The quantitative estimate of drug-likeness (QED) is 0.851. The number of benzene rings is 1.